The summed E-state index contributed by atoms with van der Waals surface area (Å²) in [6, 6.07) is 5.92. The highest BCUT2D eigenvalue weighted by molar-refractivity contribution is 5.89. The molecule has 4 heteroatoms. The molecule has 0 fully saturated rings. The predicted molar refractivity (Wildman–Crippen MR) is 83.1 cm³/mol. The first kappa shape index (κ1) is 13.9. The Hall–Kier alpha value is -2.07. The average molecular weight is 284 g/mol. The van der Waals surface area contributed by atoms with Gasteiger partial charge in [-0.1, -0.05) is 23.8 Å². The van der Waals surface area contributed by atoms with Gasteiger partial charge in [-0.25, -0.2) is 0 Å². The Morgan fingerprint density at radius 1 is 1.38 bits per heavy atom. The highest BCUT2D eigenvalue weighted by Crippen LogP contribution is 2.32. The fourth-order valence-electron chi connectivity index (χ4n) is 3.06. The third kappa shape index (κ3) is 2.47. The number of esters is 1. The van der Waals surface area contributed by atoms with E-state index in [9.17, 15) is 4.79 Å². The molecule has 1 aromatic heterocycles. The molecular weight excluding hydrogens is 264 g/mol. The molecule has 2 aromatic rings. The second-order valence-corrected chi connectivity index (χ2v) is 5.75. The van der Waals surface area contributed by atoms with Gasteiger partial charge in [0.15, 0.2) is 0 Å². The van der Waals surface area contributed by atoms with Crippen LogP contribution in [0.4, 0.5) is 0 Å². The van der Waals surface area contributed by atoms with Crippen molar-refractivity contribution in [3.63, 3.8) is 0 Å². The summed E-state index contributed by atoms with van der Waals surface area (Å²) in [7, 11) is 1.44. The number of hydrogen-bond donors (Lipinski definition) is 2. The maximum absolute atomic E-state index is 12.0. The second-order valence-electron chi connectivity index (χ2n) is 5.75. The highest BCUT2D eigenvalue weighted by atomic mass is 16.5. The van der Waals surface area contributed by atoms with Gasteiger partial charge < -0.3 is 9.72 Å². The summed E-state index contributed by atoms with van der Waals surface area (Å²) >= 11 is 0. The number of carbonyl (C=O) groups is 1. The molecule has 2 atom stereocenters. The first-order chi connectivity index (χ1) is 10.1. The topological polar surface area (TPSA) is 54.1 Å². The van der Waals surface area contributed by atoms with Gasteiger partial charge >= 0.3 is 5.97 Å². The van der Waals surface area contributed by atoms with Gasteiger partial charge in [-0.15, -0.1) is 0 Å². The van der Waals surface area contributed by atoms with Crippen LogP contribution >= 0.6 is 0 Å². The van der Waals surface area contributed by atoms with E-state index in [0.29, 0.717) is 6.42 Å². The normalized spacial score (nSPS) is 20.9. The van der Waals surface area contributed by atoms with Crippen molar-refractivity contribution in [2.45, 2.75) is 32.4 Å². The molecule has 0 bridgehead atoms. The monoisotopic (exact) mass is 284 g/mol. The zero-order chi connectivity index (χ0) is 15.0. The first-order valence-corrected chi connectivity index (χ1v) is 7.18. The molecule has 2 N–H and O–H groups in total. The van der Waals surface area contributed by atoms with E-state index in [1.54, 1.807) is 0 Å². The van der Waals surface area contributed by atoms with Gasteiger partial charge in [0.1, 0.15) is 6.04 Å². The van der Waals surface area contributed by atoms with Gasteiger partial charge in [-0.3, -0.25) is 10.1 Å². The van der Waals surface area contributed by atoms with Gasteiger partial charge in [-0.2, -0.15) is 0 Å². The average Bonchev–Trinajstić information content (AvgIpc) is 2.80. The van der Waals surface area contributed by atoms with Gasteiger partial charge in [-0.05, 0) is 31.0 Å². The SMILES string of the molecule is COC(=O)[C@@H]1Cc2c[nH]c3cccc(c23)C(C=C(C)C)N1. The third-order valence-electron chi connectivity index (χ3n) is 3.95. The minimum atomic E-state index is -0.331. The molecule has 110 valence electrons. The Balaban J connectivity index is 2.16. The number of aromatic nitrogens is 1. The van der Waals surface area contributed by atoms with E-state index in [-0.39, 0.29) is 18.1 Å². The summed E-state index contributed by atoms with van der Waals surface area (Å²) in [4.78, 5) is 15.3. The molecule has 0 spiro atoms. The fraction of sp³-hybridized carbons (Fsp3) is 0.353. The molecule has 0 saturated heterocycles. The van der Waals surface area contributed by atoms with Crippen LogP contribution in [0.15, 0.2) is 36.0 Å². The Morgan fingerprint density at radius 3 is 2.90 bits per heavy atom. The van der Waals surface area contributed by atoms with Crippen molar-refractivity contribution in [1.82, 2.24) is 10.3 Å². The van der Waals surface area contributed by atoms with Crippen molar-refractivity contribution >= 4 is 16.9 Å². The number of carbonyl (C=O) groups excluding carboxylic acids is 1. The Bertz CT molecular complexity index is 711. The zero-order valence-corrected chi connectivity index (χ0v) is 12.6. The number of hydrogen-bond acceptors (Lipinski definition) is 3. The van der Waals surface area contributed by atoms with Crippen molar-refractivity contribution in [3.05, 3.63) is 47.2 Å². The van der Waals surface area contributed by atoms with Crippen molar-refractivity contribution in [2.24, 2.45) is 0 Å². The summed E-state index contributed by atoms with van der Waals surface area (Å²) in [5.41, 5.74) is 4.69. The number of allylic oxidation sites excluding steroid dienone is 1. The zero-order valence-electron chi connectivity index (χ0n) is 12.6. The van der Waals surface area contributed by atoms with Gasteiger partial charge in [0.2, 0.25) is 0 Å². The van der Waals surface area contributed by atoms with Crippen LogP contribution in [0.2, 0.25) is 0 Å². The van der Waals surface area contributed by atoms with Gasteiger partial charge in [0, 0.05) is 23.5 Å². The smallest absolute Gasteiger partial charge is 0.323 e. The van der Waals surface area contributed by atoms with E-state index in [1.807, 2.05) is 12.3 Å². The Labute approximate surface area is 124 Å². The fourth-order valence-corrected chi connectivity index (χ4v) is 3.06. The maximum Gasteiger partial charge on any atom is 0.323 e. The molecule has 1 aromatic carbocycles. The minimum Gasteiger partial charge on any atom is -0.468 e. The number of aromatic amines is 1. The summed E-state index contributed by atoms with van der Waals surface area (Å²) in [6.07, 6.45) is 4.79. The van der Waals surface area contributed by atoms with Crippen molar-refractivity contribution in [1.29, 1.82) is 0 Å². The van der Waals surface area contributed by atoms with Crippen LogP contribution in [0, 0.1) is 0 Å². The number of nitrogens with one attached hydrogen (secondary N) is 2. The van der Waals surface area contributed by atoms with Crippen LogP contribution in [0.5, 0.6) is 0 Å². The van der Waals surface area contributed by atoms with Crippen molar-refractivity contribution in [3.8, 4) is 0 Å². The number of rotatable bonds is 2. The minimum absolute atomic E-state index is 0.0137. The predicted octanol–water partition coefficient (Wildman–Crippen LogP) is 2.86. The molecule has 0 aliphatic carbocycles. The van der Waals surface area contributed by atoms with Crippen LogP contribution in [-0.4, -0.2) is 24.1 Å². The second kappa shape index (κ2) is 5.37. The van der Waals surface area contributed by atoms with E-state index >= 15 is 0 Å². The van der Waals surface area contributed by atoms with E-state index in [0.717, 1.165) is 11.1 Å². The quantitative estimate of drug-likeness (QED) is 0.658. The molecular formula is C17H20N2O2. The number of H-pyrrole nitrogens is 1. The van der Waals surface area contributed by atoms with Gasteiger partial charge in [0.25, 0.3) is 0 Å². The number of ether oxygens (including phenoxy) is 1. The molecule has 21 heavy (non-hydrogen) atoms. The van der Waals surface area contributed by atoms with Gasteiger partial charge in [0.05, 0.1) is 13.2 Å². The molecule has 3 rings (SSSR count). The highest BCUT2D eigenvalue weighted by Gasteiger charge is 2.29. The van der Waals surface area contributed by atoms with Crippen LogP contribution in [0.1, 0.15) is 31.0 Å². The summed E-state index contributed by atoms with van der Waals surface area (Å²) < 4.78 is 4.94. The molecule has 0 saturated carbocycles. The molecule has 2 heterocycles. The lowest BCUT2D eigenvalue weighted by molar-refractivity contribution is -0.143. The van der Waals surface area contributed by atoms with E-state index in [4.69, 9.17) is 4.74 Å². The third-order valence-corrected chi connectivity index (χ3v) is 3.95. The first-order valence-electron chi connectivity index (χ1n) is 7.18. The lowest BCUT2D eigenvalue weighted by Gasteiger charge is -2.20. The lowest BCUT2D eigenvalue weighted by atomic mass is 9.99. The molecule has 1 unspecified atom stereocenters. The van der Waals surface area contributed by atoms with Crippen LogP contribution < -0.4 is 5.32 Å². The largest absolute Gasteiger partial charge is 0.468 e. The molecule has 0 amide bonds. The van der Waals surface area contributed by atoms with Crippen molar-refractivity contribution < 1.29 is 9.53 Å². The number of benzene rings is 1. The number of methoxy groups -OCH3 is 1. The van der Waals surface area contributed by atoms with E-state index in [1.165, 1.54) is 23.6 Å². The standard InChI is InChI=1S/C17H20N2O2/c1-10(2)7-14-12-5-4-6-13-16(12)11(9-18-13)8-15(19-14)17(20)21-3/h4-7,9,14-15,18-19H,8H2,1-3H3/t14?,15-/m0/s1. The molecule has 1 aliphatic heterocycles. The summed E-state index contributed by atoms with van der Waals surface area (Å²) in [5.74, 6) is -0.218. The van der Waals surface area contributed by atoms with E-state index in [2.05, 4.69) is 42.4 Å². The van der Waals surface area contributed by atoms with Crippen LogP contribution in [0.3, 0.4) is 0 Å². The summed E-state index contributed by atoms with van der Waals surface area (Å²) in [6.45, 7) is 4.13. The van der Waals surface area contributed by atoms with E-state index < -0.39 is 0 Å². The van der Waals surface area contributed by atoms with Crippen LogP contribution in [0.25, 0.3) is 10.9 Å². The Kier molecular flexibility index (Phi) is 3.55. The molecule has 1 aliphatic rings. The van der Waals surface area contributed by atoms with Crippen LogP contribution in [-0.2, 0) is 16.0 Å². The lowest BCUT2D eigenvalue weighted by Crippen LogP contribution is -2.40. The van der Waals surface area contributed by atoms with Crippen molar-refractivity contribution in [2.75, 3.05) is 7.11 Å². The molecule has 0 radical (unpaired) electrons. The molecule has 4 nitrogen and oxygen atoms in total. The maximum atomic E-state index is 12.0. The Morgan fingerprint density at radius 2 is 2.19 bits per heavy atom. The summed E-state index contributed by atoms with van der Waals surface area (Å²) in [5, 5.41) is 4.65.